The van der Waals surface area contributed by atoms with E-state index >= 15 is 0 Å². The van der Waals surface area contributed by atoms with E-state index in [4.69, 9.17) is 9.15 Å². The smallest absolute Gasteiger partial charge is 0.277 e. The van der Waals surface area contributed by atoms with E-state index in [-0.39, 0.29) is 17.5 Å². The number of thioether (sulfide) groups is 1. The van der Waals surface area contributed by atoms with E-state index in [1.807, 2.05) is 49.4 Å². The van der Waals surface area contributed by atoms with Crippen LogP contribution in [0.15, 0.2) is 52.1 Å². The SMILES string of the molecule is COc1cc(C(C)C)c(C(=O)CSc2nnc(-c3ccccc3)o2)cc1C. The number of hydrogen-bond donors (Lipinski definition) is 0. The van der Waals surface area contributed by atoms with Crippen LogP contribution in [0.2, 0.25) is 0 Å². The van der Waals surface area contributed by atoms with Gasteiger partial charge in [0.25, 0.3) is 5.22 Å². The van der Waals surface area contributed by atoms with Crippen LogP contribution in [0, 0.1) is 6.92 Å². The van der Waals surface area contributed by atoms with Gasteiger partial charge in [-0.1, -0.05) is 43.8 Å². The summed E-state index contributed by atoms with van der Waals surface area (Å²) in [6.07, 6.45) is 0. The Labute approximate surface area is 163 Å². The van der Waals surface area contributed by atoms with Crippen molar-refractivity contribution in [1.82, 2.24) is 10.2 Å². The summed E-state index contributed by atoms with van der Waals surface area (Å²) in [4.78, 5) is 12.8. The number of ether oxygens (including phenoxy) is 1. The van der Waals surface area contributed by atoms with Crippen LogP contribution in [0.1, 0.15) is 41.3 Å². The van der Waals surface area contributed by atoms with Crippen molar-refractivity contribution in [3.63, 3.8) is 0 Å². The number of Topliss-reactive ketones (excluding diaryl/α,β-unsaturated/α-hetero) is 1. The number of carbonyl (C=O) groups is 1. The second-order valence-electron chi connectivity index (χ2n) is 6.51. The fraction of sp³-hybridized carbons (Fsp3) is 0.286. The first-order valence-corrected chi connectivity index (χ1v) is 9.71. The van der Waals surface area contributed by atoms with Gasteiger partial charge in [0.2, 0.25) is 5.89 Å². The number of aromatic nitrogens is 2. The number of ketones is 1. The van der Waals surface area contributed by atoms with Gasteiger partial charge >= 0.3 is 0 Å². The van der Waals surface area contributed by atoms with Crippen LogP contribution in [-0.4, -0.2) is 28.8 Å². The van der Waals surface area contributed by atoms with Crippen LogP contribution in [0.5, 0.6) is 5.75 Å². The average Bonchev–Trinajstić information content (AvgIpc) is 3.15. The zero-order valence-corrected chi connectivity index (χ0v) is 16.7. The van der Waals surface area contributed by atoms with Crippen LogP contribution < -0.4 is 4.74 Å². The van der Waals surface area contributed by atoms with Crippen LogP contribution in [0.4, 0.5) is 0 Å². The van der Waals surface area contributed by atoms with Crippen molar-refractivity contribution in [2.75, 3.05) is 12.9 Å². The Morgan fingerprint density at radius 1 is 1.19 bits per heavy atom. The lowest BCUT2D eigenvalue weighted by Gasteiger charge is -2.15. The first-order chi connectivity index (χ1) is 13.0. The Morgan fingerprint density at radius 3 is 2.59 bits per heavy atom. The molecule has 0 fully saturated rings. The molecule has 0 saturated carbocycles. The van der Waals surface area contributed by atoms with Crippen molar-refractivity contribution in [2.45, 2.75) is 31.9 Å². The summed E-state index contributed by atoms with van der Waals surface area (Å²) in [7, 11) is 1.64. The van der Waals surface area contributed by atoms with Crippen molar-refractivity contribution < 1.29 is 13.9 Å². The van der Waals surface area contributed by atoms with Gasteiger partial charge < -0.3 is 9.15 Å². The number of carbonyl (C=O) groups excluding carboxylic acids is 1. The standard InChI is InChI=1S/C21H22N2O3S/c1-13(2)16-11-19(25-4)14(3)10-17(16)18(24)12-27-21-23-22-20(26-21)15-8-6-5-7-9-15/h5-11,13H,12H2,1-4H3. The molecule has 0 bridgehead atoms. The van der Waals surface area contributed by atoms with E-state index in [9.17, 15) is 4.79 Å². The molecule has 0 unspecified atom stereocenters. The highest BCUT2D eigenvalue weighted by Gasteiger charge is 2.18. The molecule has 6 heteroatoms. The Morgan fingerprint density at radius 2 is 1.93 bits per heavy atom. The fourth-order valence-electron chi connectivity index (χ4n) is 2.81. The molecule has 5 nitrogen and oxygen atoms in total. The summed E-state index contributed by atoms with van der Waals surface area (Å²) in [6.45, 7) is 6.08. The first kappa shape index (κ1) is 19.2. The molecular formula is C21H22N2O3S. The second-order valence-corrected chi connectivity index (χ2v) is 7.44. The van der Waals surface area contributed by atoms with E-state index in [2.05, 4.69) is 24.0 Å². The number of aryl methyl sites for hydroxylation is 1. The molecule has 3 aromatic rings. The van der Waals surface area contributed by atoms with Gasteiger partial charge in [-0.3, -0.25) is 4.79 Å². The third kappa shape index (κ3) is 4.39. The van der Waals surface area contributed by atoms with Gasteiger partial charge in [-0.05, 0) is 48.2 Å². The van der Waals surface area contributed by atoms with Crippen molar-refractivity contribution in [3.05, 3.63) is 59.2 Å². The highest BCUT2D eigenvalue weighted by atomic mass is 32.2. The Balaban J connectivity index is 1.75. The molecule has 3 rings (SSSR count). The van der Waals surface area contributed by atoms with Gasteiger partial charge in [0, 0.05) is 11.1 Å². The molecule has 27 heavy (non-hydrogen) atoms. The van der Waals surface area contributed by atoms with Gasteiger partial charge in [-0.25, -0.2) is 0 Å². The quantitative estimate of drug-likeness (QED) is 0.416. The summed E-state index contributed by atoms with van der Waals surface area (Å²) in [5, 5.41) is 8.48. The van der Waals surface area contributed by atoms with Gasteiger partial charge in [0.15, 0.2) is 5.78 Å². The van der Waals surface area contributed by atoms with Gasteiger partial charge in [-0.2, -0.15) is 0 Å². The minimum absolute atomic E-state index is 0.0360. The van der Waals surface area contributed by atoms with E-state index in [1.54, 1.807) is 7.11 Å². The maximum Gasteiger partial charge on any atom is 0.277 e. The molecule has 0 aliphatic carbocycles. The Bertz CT molecular complexity index is 936. The molecule has 0 N–H and O–H groups in total. The third-order valence-electron chi connectivity index (χ3n) is 4.24. The van der Waals surface area contributed by atoms with Gasteiger partial charge in [0.05, 0.1) is 12.9 Å². The Kier molecular flexibility index (Phi) is 5.96. The molecule has 0 amide bonds. The lowest BCUT2D eigenvalue weighted by atomic mass is 9.93. The maximum absolute atomic E-state index is 12.8. The molecule has 140 valence electrons. The number of nitrogens with zero attached hydrogens (tertiary/aromatic N) is 2. The minimum atomic E-state index is 0.0360. The summed E-state index contributed by atoms with van der Waals surface area (Å²) in [6, 6.07) is 13.4. The monoisotopic (exact) mass is 382 g/mol. The summed E-state index contributed by atoms with van der Waals surface area (Å²) >= 11 is 1.25. The number of benzene rings is 2. The predicted molar refractivity (Wildman–Crippen MR) is 107 cm³/mol. The van der Waals surface area contributed by atoms with Crippen molar-refractivity contribution in [3.8, 4) is 17.2 Å². The van der Waals surface area contributed by atoms with Crippen LogP contribution >= 0.6 is 11.8 Å². The average molecular weight is 382 g/mol. The zero-order valence-electron chi connectivity index (χ0n) is 15.9. The van der Waals surface area contributed by atoms with E-state index in [0.29, 0.717) is 11.1 Å². The lowest BCUT2D eigenvalue weighted by molar-refractivity contribution is 0.102. The summed E-state index contributed by atoms with van der Waals surface area (Å²) in [5.74, 6) is 1.74. The second kappa shape index (κ2) is 8.39. The van der Waals surface area contributed by atoms with Gasteiger partial charge in [0.1, 0.15) is 5.75 Å². The molecule has 1 aromatic heterocycles. The minimum Gasteiger partial charge on any atom is -0.496 e. The van der Waals surface area contributed by atoms with Crippen molar-refractivity contribution in [2.24, 2.45) is 0 Å². The van der Waals surface area contributed by atoms with Gasteiger partial charge in [-0.15, -0.1) is 10.2 Å². The molecule has 0 atom stereocenters. The topological polar surface area (TPSA) is 65.2 Å². The summed E-state index contributed by atoms with van der Waals surface area (Å²) < 4.78 is 11.1. The Hall–Kier alpha value is -2.60. The van der Waals surface area contributed by atoms with Crippen molar-refractivity contribution in [1.29, 1.82) is 0 Å². The third-order valence-corrected chi connectivity index (χ3v) is 5.06. The summed E-state index contributed by atoms with van der Waals surface area (Å²) in [5.41, 5.74) is 3.51. The first-order valence-electron chi connectivity index (χ1n) is 8.73. The molecular weight excluding hydrogens is 360 g/mol. The predicted octanol–water partition coefficient (Wildman–Crippen LogP) is 5.15. The maximum atomic E-state index is 12.8. The fourth-order valence-corrected chi connectivity index (χ4v) is 3.46. The molecule has 0 spiro atoms. The lowest BCUT2D eigenvalue weighted by Crippen LogP contribution is -2.09. The zero-order chi connectivity index (χ0) is 19.4. The van der Waals surface area contributed by atoms with E-state index in [1.165, 1.54) is 11.8 Å². The normalized spacial score (nSPS) is 11.0. The molecule has 0 saturated heterocycles. The molecule has 0 aliphatic rings. The number of hydrogen-bond acceptors (Lipinski definition) is 6. The molecule has 0 radical (unpaired) electrons. The van der Waals surface area contributed by atoms with E-state index in [0.717, 1.165) is 28.0 Å². The number of rotatable bonds is 7. The highest BCUT2D eigenvalue weighted by Crippen LogP contribution is 2.30. The molecule has 0 aliphatic heterocycles. The molecule has 2 aromatic carbocycles. The van der Waals surface area contributed by atoms with Crippen LogP contribution in [0.25, 0.3) is 11.5 Å². The molecule has 1 heterocycles. The van der Waals surface area contributed by atoms with Crippen LogP contribution in [-0.2, 0) is 0 Å². The largest absolute Gasteiger partial charge is 0.496 e. The van der Waals surface area contributed by atoms with Crippen molar-refractivity contribution >= 4 is 17.5 Å². The highest BCUT2D eigenvalue weighted by molar-refractivity contribution is 7.99. The van der Waals surface area contributed by atoms with Crippen LogP contribution in [0.3, 0.4) is 0 Å². The number of methoxy groups -OCH3 is 1. The van der Waals surface area contributed by atoms with E-state index < -0.39 is 0 Å².